The van der Waals surface area contributed by atoms with Gasteiger partial charge in [-0.25, -0.2) is 0 Å². The van der Waals surface area contributed by atoms with Crippen LogP contribution < -0.4 is 0 Å². The molecule has 0 saturated heterocycles. The summed E-state index contributed by atoms with van der Waals surface area (Å²) in [5.74, 6) is 1.06. The van der Waals surface area contributed by atoms with E-state index in [4.69, 9.17) is 4.74 Å². The number of carbonyl (C=O) groups excluding carboxylic acids is 1. The Hall–Kier alpha value is -0.530. The van der Waals surface area contributed by atoms with E-state index in [1.807, 2.05) is 0 Å². The Kier molecular flexibility index (Phi) is 15.2. The lowest BCUT2D eigenvalue weighted by atomic mass is 10.0. The zero-order valence-corrected chi connectivity index (χ0v) is 17.0. The molecule has 1 fully saturated rings. The zero-order valence-electron chi connectivity index (χ0n) is 17.0. The molecule has 0 atom stereocenters. The van der Waals surface area contributed by atoms with E-state index >= 15 is 0 Å². The fourth-order valence-electron chi connectivity index (χ4n) is 3.49. The summed E-state index contributed by atoms with van der Waals surface area (Å²) in [6.07, 6.45) is 24.5. The molecule has 0 aromatic heterocycles. The van der Waals surface area contributed by atoms with Crippen molar-refractivity contribution in [1.82, 2.24) is 0 Å². The minimum Gasteiger partial charge on any atom is -0.466 e. The Morgan fingerprint density at radius 3 is 1.80 bits per heavy atom. The molecule has 25 heavy (non-hydrogen) atoms. The van der Waals surface area contributed by atoms with Gasteiger partial charge in [-0.15, -0.1) is 0 Å². The highest BCUT2D eigenvalue weighted by Gasteiger charge is 2.19. The Morgan fingerprint density at radius 1 is 0.720 bits per heavy atom. The monoisotopic (exact) mass is 352 g/mol. The van der Waals surface area contributed by atoms with E-state index in [2.05, 4.69) is 6.92 Å². The quantitative estimate of drug-likeness (QED) is 0.177. The highest BCUT2D eigenvalue weighted by Crippen LogP contribution is 2.33. The van der Waals surface area contributed by atoms with Crippen LogP contribution in [-0.2, 0) is 9.53 Å². The Balaban J connectivity index is 1.69. The van der Waals surface area contributed by atoms with Crippen molar-refractivity contribution in [3.8, 4) is 0 Å². The highest BCUT2D eigenvalue weighted by atomic mass is 16.5. The third-order valence-corrected chi connectivity index (χ3v) is 5.45. The number of ether oxygens (including phenoxy) is 1. The second kappa shape index (κ2) is 16.9. The molecule has 0 radical (unpaired) electrons. The van der Waals surface area contributed by atoms with Crippen LogP contribution in [0.25, 0.3) is 0 Å². The standard InChI is InChI=1S/C23H44O2/c1-2-3-4-5-6-7-8-9-10-11-12-15-18-23(24)25-21-16-13-14-17-22-19-20-22/h22H,2-21H2,1H3. The molecule has 0 unspecified atom stereocenters. The van der Waals surface area contributed by atoms with Gasteiger partial charge in [-0.05, 0) is 18.8 Å². The molecule has 0 heterocycles. The Labute approximate surface area is 157 Å². The number of hydrogen-bond donors (Lipinski definition) is 0. The predicted molar refractivity (Wildman–Crippen MR) is 108 cm³/mol. The summed E-state index contributed by atoms with van der Waals surface area (Å²) in [5.41, 5.74) is 0. The lowest BCUT2D eigenvalue weighted by Gasteiger charge is -2.05. The van der Waals surface area contributed by atoms with Crippen molar-refractivity contribution in [3.63, 3.8) is 0 Å². The summed E-state index contributed by atoms with van der Waals surface area (Å²) in [5, 5.41) is 0. The molecule has 2 nitrogen and oxygen atoms in total. The molecule has 0 aromatic rings. The summed E-state index contributed by atoms with van der Waals surface area (Å²) in [6.45, 7) is 2.92. The van der Waals surface area contributed by atoms with Crippen molar-refractivity contribution < 1.29 is 9.53 Å². The van der Waals surface area contributed by atoms with Gasteiger partial charge in [-0.2, -0.15) is 0 Å². The van der Waals surface area contributed by atoms with Gasteiger partial charge in [0, 0.05) is 6.42 Å². The molecule has 0 amide bonds. The first-order valence-electron chi connectivity index (χ1n) is 11.5. The smallest absolute Gasteiger partial charge is 0.305 e. The molecule has 2 heteroatoms. The number of esters is 1. The van der Waals surface area contributed by atoms with Gasteiger partial charge in [0.2, 0.25) is 0 Å². The number of hydrogen-bond acceptors (Lipinski definition) is 2. The van der Waals surface area contributed by atoms with E-state index in [-0.39, 0.29) is 5.97 Å². The van der Waals surface area contributed by atoms with Crippen LogP contribution in [0.4, 0.5) is 0 Å². The van der Waals surface area contributed by atoms with Gasteiger partial charge in [0.25, 0.3) is 0 Å². The first kappa shape index (κ1) is 22.5. The van der Waals surface area contributed by atoms with Gasteiger partial charge in [0.05, 0.1) is 6.61 Å². The van der Waals surface area contributed by atoms with Gasteiger partial charge < -0.3 is 4.74 Å². The van der Waals surface area contributed by atoms with Crippen LogP contribution in [0, 0.1) is 5.92 Å². The second-order valence-electron chi connectivity index (χ2n) is 8.15. The molecule has 0 spiro atoms. The molecular formula is C23H44O2. The van der Waals surface area contributed by atoms with E-state index in [1.54, 1.807) is 0 Å². The van der Waals surface area contributed by atoms with Crippen LogP contribution in [0.15, 0.2) is 0 Å². The van der Waals surface area contributed by atoms with Crippen LogP contribution >= 0.6 is 0 Å². The van der Waals surface area contributed by atoms with Crippen molar-refractivity contribution in [2.45, 2.75) is 129 Å². The van der Waals surface area contributed by atoms with Gasteiger partial charge >= 0.3 is 5.97 Å². The summed E-state index contributed by atoms with van der Waals surface area (Å²) < 4.78 is 5.33. The van der Waals surface area contributed by atoms with Gasteiger partial charge in [0.15, 0.2) is 0 Å². The molecule has 0 aromatic carbocycles. The molecule has 1 aliphatic carbocycles. The Bertz CT molecular complexity index is 296. The highest BCUT2D eigenvalue weighted by molar-refractivity contribution is 5.69. The number of rotatable bonds is 19. The second-order valence-corrected chi connectivity index (χ2v) is 8.15. The van der Waals surface area contributed by atoms with Crippen LogP contribution in [0.1, 0.15) is 129 Å². The Morgan fingerprint density at radius 2 is 1.24 bits per heavy atom. The summed E-state index contributed by atoms with van der Waals surface area (Å²) in [4.78, 5) is 11.7. The summed E-state index contributed by atoms with van der Waals surface area (Å²) in [6, 6.07) is 0. The topological polar surface area (TPSA) is 26.3 Å². The van der Waals surface area contributed by atoms with E-state index in [9.17, 15) is 4.79 Å². The average molecular weight is 353 g/mol. The van der Waals surface area contributed by atoms with E-state index in [0.717, 1.165) is 18.8 Å². The summed E-state index contributed by atoms with van der Waals surface area (Å²) in [7, 11) is 0. The largest absolute Gasteiger partial charge is 0.466 e. The lowest BCUT2D eigenvalue weighted by molar-refractivity contribution is -0.143. The van der Waals surface area contributed by atoms with E-state index < -0.39 is 0 Å². The van der Waals surface area contributed by atoms with Gasteiger partial charge in [-0.3, -0.25) is 4.79 Å². The molecule has 0 N–H and O–H groups in total. The number of unbranched alkanes of at least 4 members (excludes halogenated alkanes) is 13. The van der Waals surface area contributed by atoms with Gasteiger partial charge in [-0.1, -0.05) is 110 Å². The normalized spacial score (nSPS) is 14.0. The molecule has 148 valence electrons. The summed E-state index contributed by atoms with van der Waals surface area (Å²) >= 11 is 0. The molecule has 0 aliphatic heterocycles. The predicted octanol–water partition coefficient (Wildman–Crippen LogP) is 7.59. The van der Waals surface area contributed by atoms with Crippen molar-refractivity contribution >= 4 is 5.97 Å². The fraction of sp³-hybridized carbons (Fsp3) is 0.957. The third kappa shape index (κ3) is 16.7. The van der Waals surface area contributed by atoms with Crippen molar-refractivity contribution in [1.29, 1.82) is 0 Å². The molecular weight excluding hydrogens is 308 g/mol. The average Bonchev–Trinajstić information content (AvgIpc) is 3.43. The first-order chi connectivity index (χ1) is 12.3. The molecule has 1 aliphatic rings. The van der Waals surface area contributed by atoms with Crippen LogP contribution in [-0.4, -0.2) is 12.6 Å². The van der Waals surface area contributed by atoms with Gasteiger partial charge in [0.1, 0.15) is 0 Å². The van der Waals surface area contributed by atoms with E-state index in [0.29, 0.717) is 13.0 Å². The van der Waals surface area contributed by atoms with Crippen LogP contribution in [0.3, 0.4) is 0 Å². The fourth-order valence-corrected chi connectivity index (χ4v) is 3.49. The minimum absolute atomic E-state index is 0.0225. The maximum atomic E-state index is 11.7. The maximum absolute atomic E-state index is 11.7. The van der Waals surface area contributed by atoms with Crippen molar-refractivity contribution in [3.05, 3.63) is 0 Å². The van der Waals surface area contributed by atoms with Crippen molar-refractivity contribution in [2.75, 3.05) is 6.61 Å². The lowest BCUT2D eigenvalue weighted by Crippen LogP contribution is -2.05. The third-order valence-electron chi connectivity index (χ3n) is 5.45. The SMILES string of the molecule is CCCCCCCCCCCCCCC(=O)OCCCCCC1CC1. The van der Waals surface area contributed by atoms with Crippen molar-refractivity contribution in [2.24, 2.45) is 5.92 Å². The first-order valence-corrected chi connectivity index (χ1v) is 11.5. The van der Waals surface area contributed by atoms with E-state index in [1.165, 1.54) is 103 Å². The maximum Gasteiger partial charge on any atom is 0.305 e. The minimum atomic E-state index is 0.0225. The molecule has 1 saturated carbocycles. The molecule has 1 rings (SSSR count). The zero-order chi connectivity index (χ0) is 18.0. The number of carbonyl (C=O) groups is 1. The van der Waals surface area contributed by atoms with Crippen LogP contribution in [0.2, 0.25) is 0 Å². The van der Waals surface area contributed by atoms with Crippen LogP contribution in [0.5, 0.6) is 0 Å². The molecule has 0 bridgehead atoms.